The molecular weight excluding hydrogens is 290 g/mol. The molecule has 2 amide bonds. The lowest BCUT2D eigenvalue weighted by atomic mass is 9.96. The second kappa shape index (κ2) is 6.43. The maximum atomic E-state index is 11.9. The van der Waals surface area contributed by atoms with Crippen molar-refractivity contribution in [2.24, 2.45) is 0 Å². The van der Waals surface area contributed by atoms with E-state index in [9.17, 15) is 9.59 Å². The van der Waals surface area contributed by atoms with Gasteiger partial charge in [-0.05, 0) is 25.7 Å². The first-order valence-electron chi connectivity index (χ1n) is 6.77. The highest BCUT2D eigenvalue weighted by atomic mass is 32.1. The maximum absolute atomic E-state index is 11.9. The van der Waals surface area contributed by atoms with Gasteiger partial charge in [-0.1, -0.05) is 20.8 Å². The van der Waals surface area contributed by atoms with Crippen molar-refractivity contribution in [2.75, 3.05) is 5.32 Å². The summed E-state index contributed by atoms with van der Waals surface area (Å²) in [5.74, 6) is -0.875. The zero-order valence-corrected chi connectivity index (χ0v) is 13.9. The molecule has 0 radical (unpaired) electrons. The van der Waals surface area contributed by atoms with Gasteiger partial charge in [0.2, 0.25) is 0 Å². The van der Waals surface area contributed by atoms with E-state index in [2.05, 4.69) is 36.4 Å². The molecule has 6 nitrogen and oxygen atoms in total. The van der Waals surface area contributed by atoms with Gasteiger partial charge in [-0.2, -0.15) is 0 Å². The molecule has 3 N–H and O–H groups in total. The molecule has 0 unspecified atom stereocenters. The summed E-state index contributed by atoms with van der Waals surface area (Å²) in [5.41, 5.74) is -0.596. The number of hydrogen-bond donors (Lipinski definition) is 3. The summed E-state index contributed by atoms with van der Waals surface area (Å²) in [6.45, 7) is 9.83. The van der Waals surface area contributed by atoms with Gasteiger partial charge in [0.15, 0.2) is 5.13 Å². The van der Waals surface area contributed by atoms with Crippen molar-refractivity contribution >= 4 is 28.5 Å². The Hall–Kier alpha value is -1.63. The number of hydrogen-bond acceptors (Lipinski definition) is 4. The van der Waals surface area contributed by atoms with Gasteiger partial charge < -0.3 is 10.4 Å². The lowest BCUT2D eigenvalue weighted by molar-refractivity contribution is -0.137. The third-order valence-corrected chi connectivity index (χ3v) is 4.22. The number of anilines is 1. The molecule has 0 aliphatic carbocycles. The number of aromatic nitrogens is 1. The fourth-order valence-electron chi connectivity index (χ4n) is 1.60. The van der Waals surface area contributed by atoms with E-state index in [-0.39, 0.29) is 17.9 Å². The number of nitrogens with zero attached hydrogens (tertiary/aromatic N) is 1. The molecule has 0 bridgehead atoms. The molecule has 0 saturated carbocycles. The van der Waals surface area contributed by atoms with Crippen LogP contribution in [0.2, 0.25) is 0 Å². The first-order chi connectivity index (χ1) is 9.49. The zero-order valence-electron chi connectivity index (χ0n) is 13.1. The number of thiazole rings is 1. The van der Waals surface area contributed by atoms with Crippen LogP contribution >= 0.6 is 11.3 Å². The molecule has 1 aromatic rings. The maximum Gasteiger partial charge on any atom is 0.321 e. The Kier molecular flexibility index (Phi) is 5.33. The molecule has 1 aromatic heterocycles. The molecule has 0 aliphatic heterocycles. The molecule has 1 heterocycles. The Bertz CT molecular complexity index is 518. The lowest BCUT2D eigenvalue weighted by Gasteiger charge is -2.25. The number of aliphatic carboxylic acids is 1. The number of carbonyl (C=O) groups is 2. The lowest BCUT2D eigenvalue weighted by Crippen LogP contribution is -2.45. The second-order valence-electron chi connectivity index (χ2n) is 6.64. The second-order valence-corrected chi connectivity index (χ2v) is 7.67. The number of nitrogens with one attached hydrogen (secondary N) is 2. The topological polar surface area (TPSA) is 91.3 Å². The van der Waals surface area contributed by atoms with E-state index in [0.717, 1.165) is 4.88 Å². The highest BCUT2D eigenvalue weighted by molar-refractivity contribution is 7.15. The Labute approximate surface area is 129 Å². The number of urea groups is 1. The predicted octanol–water partition coefficient (Wildman–Crippen LogP) is 3.21. The van der Waals surface area contributed by atoms with Crippen molar-refractivity contribution in [3.8, 4) is 0 Å². The van der Waals surface area contributed by atoms with Gasteiger partial charge >= 0.3 is 12.0 Å². The summed E-state index contributed by atoms with van der Waals surface area (Å²) in [6, 6.07) is -0.375. The monoisotopic (exact) mass is 313 g/mol. The SMILES string of the molecule is CC(C)(CCC(=O)O)NC(=O)Nc1ncc(C(C)(C)C)s1. The normalized spacial score (nSPS) is 12.0. The molecule has 118 valence electrons. The molecule has 0 spiro atoms. The standard InChI is InChI=1S/C14H23N3O3S/c1-13(2,3)9-8-15-12(21-9)16-11(20)17-14(4,5)7-6-10(18)19/h8H,6-7H2,1-5H3,(H,18,19)(H2,15,16,17,20). The number of carbonyl (C=O) groups excluding carboxylic acids is 1. The van der Waals surface area contributed by atoms with Crippen LogP contribution in [-0.4, -0.2) is 27.6 Å². The average Bonchev–Trinajstić information content (AvgIpc) is 2.73. The largest absolute Gasteiger partial charge is 0.481 e. The van der Waals surface area contributed by atoms with Crippen LogP contribution in [-0.2, 0) is 10.2 Å². The van der Waals surface area contributed by atoms with Gasteiger partial charge in [0, 0.05) is 23.0 Å². The van der Waals surface area contributed by atoms with Gasteiger partial charge in [-0.25, -0.2) is 9.78 Å². The van der Waals surface area contributed by atoms with E-state index in [4.69, 9.17) is 5.11 Å². The highest BCUT2D eigenvalue weighted by Crippen LogP contribution is 2.30. The van der Waals surface area contributed by atoms with Gasteiger partial charge in [-0.15, -0.1) is 11.3 Å². The van der Waals surface area contributed by atoms with Crippen molar-refractivity contribution in [1.29, 1.82) is 0 Å². The van der Waals surface area contributed by atoms with Crippen LogP contribution in [0, 0.1) is 0 Å². The molecule has 0 atom stereocenters. The Morgan fingerprint density at radius 1 is 1.29 bits per heavy atom. The Morgan fingerprint density at radius 3 is 2.38 bits per heavy atom. The smallest absolute Gasteiger partial charge is 0.321 e. The van der Waals surface area contributed by atoms with Crippen molar-refractivity contribution < 1.29 is 14.7 Å². The summed E-state index contributed by atoms with van der Waals surface area (Å²) < 4.78 is 0. The molecule has 0 aromatic carbocycles. The molecule has 7 heteroatoms. The van der Waals surface area contributed by atoms with E-state index < -0.39 is 11.5 Å². The van der Waals surface area contributed by atoms with Crippen molar-refractivity contribution in [2.45, 2.75) is 58.4 Å². The first-order valence-corrected chi connectivity index (χ1v) is 7.58. The van der Waals surface area contributed by atoms with Crippen LogP contribution in [0.5, 0.6) is 0 Å². The number of carboxylic acids is 1. The average molecular weight is 313 g/mol. The summed E-state index contributed by atoms with van der Waals surface area (Å²) in [5, 5.41) is 14.7. The highest BCUT2D eigenvalue weighted by Gasteiger charge is 2.23. The fraction of sp³-hybridized carbons (Fsp3) is 0.643. The Morgan fingerprint density at radius 2 is 1.90 bits per heavy atom. The minimum atomic E-state index is -0.875. The number of carboxylic acid groups (broad SMARTS) is 1. The summed E-state index contributed by atoms with van der Waals surface area (Å²) in [6.07, 6.45) is 2.13. The van der Waals surface area contributed by atoms with Crippen LogP contribution < -0.4 is 10.6 Å². The minimum absolute atomic E-state index is 0.00513. The van der Waals surface area contributed by atoms with Crippen molar-refractivity contribution in [1.82, 2.24) is 10.3 Å². The quantitative estimate of drug-likeness (QED) is 0.778. The molecular formula is C14H23N3O3S. The molecule has 0 fully saturated rings. The minimum Gasteiger partial charge on any atom is -0.481 e. The summed E-state index contributed by atoms with van der Waals surface area (Å²) >= 11 is 1.44. The van der Waals surface area contributed by atoms with Crippen LogP contribution in [0.1, 0.15) is 52.3 Å². The zero-order chi connectivity index (χ0) is 16.3. The van der Waals surface area contributed by atoms with Crippen LogP contribution in [0.3, 0.4) is 0 Å². The summed E-state index contributed by atoms with van der Waals surface area (Å²) in [7, 11) is 0. The van der Waals surface area contributed by atoms with E-state index in [1.54, 1.807) is 20.0 Å². The van der Waals surface area contributed by atoms with Crippen LogP contribution in [0.25, 0.3) is 0 Å². The van der Waals surface area contributed by atoms with Gasteiger partial charge in [0.05, 0.1) is 0 Å². The van der Waals surface area contributed by atoms with E-state index in [0.29, 0.717) is 11.6 Å². The van der Waals surface area contributed by atoms with E-state index >= 15 is 0 Å². The predicted molar refractivity (Wildman–Crippen MR) is 83.9 cm³/mol. The Balaban J connectivity index is 2.57. The molecule has 0 saturated heterocycles. The summed E-state index contributed by atoms with van der Waals surface area (Å²) in [4.78, 5) is 27.8. The van der Waals surface area contributed by atoms with E-state index in [1.807, 2.05) is 0 Å². The molecule has 0 aliphatic rings. The van der Waals surface area contributed by atoms with Gasteiger partial charge in [0.1, 0.15) is 0 Å². The third kappa shape index (κ3) is 6.12. The third-order valence-electron chi connectivity index (χ3n) is 2.88. The van der Waals surface area contributed by atoms with Gasteiger partial charge in [-0.3, -0.25) is 10.1 Å². The number of rotatable bonds is 5. The molecule has 21 heavy (non-hydrogen) atoms. The van der Waals surface area contributed by atoms with Gasteiger partial charge in [0.25, 0.3) is 0 Å². The molecule has 1 rings (SSSR count). The van der Waals surface area contributed by atoms with E-state index in [1.165, 1.54) is 11.3 Å². The first kappa shape index (κ1) is 17.4. The fourth-order valence-corrected chi connectivity index (χ4v) is 2.47. The van der Waals surface area contributed by atoms with Crippen LogP contribution in [0.15, 0.2) is 6.20 Å². The van der Waals surface area contributed by atoms with Crippen molar-refractivity contribution in [3.05, 3.63) is 11.1 Å². The van der Waals surface area contributed by atoms with Crippen molar-refractivity contribution in [3.63, 3.8) is 0 Å². The van der Waals surface area contributed by atoms with Crippen LogP contribution in [0.4, 0.5) is 9.93 Å². The number of amides is 2.